The number of benzene rings is 2. The quantitative estimate of drug-likeness (QED) is 0.371. The van der Waals surface area contributed by atoms with Crippen LogP contribution in [0.25, 0.3) is 22.2 Å². The zero-order valence-electron chi connectivity index (χ0n) is 15.7. The first-order valence-corrected chi connectivity index (χ1v) is 10.3. The summed E-state index contributed by atoms with van der Waals surface area (Å²) in [5, 5.41) is 9.83. The summed E-state index contributed by atoms with van der Waals surface area (Å²) in [5.74, 6) is -0.859. The molecule has 0 radical (unpaired) electrons. The predicted octanol–water partition coefficient (Wildman–Crippen LogP) is 1.91. The molecule has 0 aliphatic heterocycles. The summed E-state index contributed by atoms with van der Waals surface area (Å²) in [7, 11) is -2.18. The summed E-state index contributed by atoms with van der Waals surface area (Å²) in [6.45, 7) is 0. The molecule has 10 heteroatoms. The Morgan fingerprint density at radius 1 is 1.17 bits per heavy atom. The first kappa shape index (κ1) is 20.1. The number of methoxy groups -OCH3 is 1. The molecular weight excluding hydrogens is 394 g/mol. The highest BCUT2D eigenvalue weighted by molar-refractivity contribution is 7.92. The van der Waals surface area contributed by atoms with Gasteiger partial charge in [-0.3, -0.25) is 20.2 Å². The summed E-state index contributed by atoms with van der Waals surface area (Å²) in [4.78, 5) is 17.4. The van der Waals surface area contributed by atoms with Gasteiger partial charge in [0.15, 0.2) is 5.96 Å². The number of hydrogen-bond acceptors (Lipinski definition) is 6. The molecule has 0 spiro atoms. The van der Waals surface area contributed by atoms with E-state index in [1.165, 1.54) is 19.2 Å². The first-order chi connectivity index (χ1) is 13.7. The Morgan fingerprint density at radius 2 is 1.86 bits per heavy atom. The lowest BCUT2D eigenvalue weighted by Crippen LogP contribution is -2.35. The SMILES string of the molecule is COc1ccc(NS(C)(=O)=O)c2c(C(=O)NC(=N)N)cc(-c3ccccc3)nc12. The van der Waals surface area contributed by atoms with E-state index < -0.39 is 21.9 Å². The van der Waals surface area contributed by atoms with Crippen molar-refractivity contribution in [3.8, 4) is 17.0 Å². The third-order valence-electron chi connectivity index (χ3n) is 4.00. The highest BCUT2D eigenvalue weighted by atomic mass is 32.2. The van der Waals surface area contributed by atoms with Crippen molar-refractivity contribution in [2.45, 2.75) is 0 Å². The van der Waals surface area contributed by atoms with Gasteiger partial charge in [0, 0.05) is 10.9 Å². The second kappa shape index (κ2) is 7.76. The number of fused-ring (bicyclic) bond motifs is 1. The number of aromatic nitrogens is 1. The van der Waals surface area contributed by atoms with E-state index in [0.717, 1.165) is 11.8 Å². The van der Waals surface area contributed by atoms with Gasteiger partial charge in [0.05, 0.1) is 30.3 Å². The molecule has 0 unspecified atom stereocenters. The van der Waals surface area contributed by atoms with Gasteiger partial charge in [0.1, 0.15) is 11.3 Å². The monoisotopic (exact) mass is 413 g/mol. The summed E-state index contributed by atoms with van der Waals surface area (Å²) in [6.07, 6.45) is 1.00. The van der Waals surface area contributed by atoms with Crippen LogP contribution in [-0.2, 0) is 10.0 Å². The van der Waals surface area contributed by atoms with Gasteiger partial charge < -0.3 is 10.5 Å². The van der Waals surface area contributed by atoms with E-state index in [4.69, 9.17) is 15.9 Å². The second-order valence-corrected chi connectivity index (χ2v) is 7.95. The molecule has 1 amide bonds. The maximum absolute atomic E-state index is 12.8. The Labute approximate surface area is 167 Å². The van der Waals surface area contributed by atoms with Crippen LogP contribution in [-0.4, -0.2) is 38.6 Å². The molecule has 0 atom stereocenters. The number of carbonyl (C=O) groups excluding carboxylic acids is 1. The van der Waals surface area contributed by atoms with E-state index in [1.54, 1.807) is 6.07 Å². The topological polar surface area (TPSA) is 147 Å². The van der Waals surface area contributed by atoms with Gasteiger partial charge in [-0.1, -0.05) is 30.3 Å². The van der Waals surface area contributed by atoms with Crippen molar-refractivity contribution in [3.05, 3.63) is 54.1 Å². The fourth-order valence-electron chi connectivity index (χ4n) is 2.89. The van der Waals surface area contributed by atoms with Crippen molar-refractivity contribution >= 4 is 38.5 Å². The van der Waals surface area contributed by atoms with Crippen LogP contribution >= 0.6 is 0 Å². The Bertz CT molecular complexity index is 1210. The number of amides is 1. The minimum Gasteiger partial charge on any atom is -0.494 e. The molecule has 0 aliphatic rings. The molecule has 3 rings (SSSR count). The van der Waals surface area contributed by atoms with Crippen LogP contribution in [0.1, 0.15) is 10.4 Å². The van der Waals surface area contributed by atoms with Gasteiger partial charge in [-0.05, 0) is 18.2 Å². The van der Waals surface area contributed by atoms with Crippen LogP contribution in [0.5, 0.6) is 5.75 Å². The number of nitrogens with zero attached hydrogens (tertiary/aromatic N) is 1. The van der Waals surface area contributed by atoms with Crippen LogP contribution in [0.4, 0.5) is 5.69 Å². The molecule has 0 fully saturated rings. The van der Waals surface area contributed by atoms with Gasteiger partial charge in [0.2, 0.25) is 10.0 Å². The van der Waals surface area contributed by atoms with Crippen LogP contribution < -0.4 is 20.5 Å². The number of sulfonamides is 1. The molecule has 29 heavy (non-hydrogen) atoms. The van der Waals surface area contributed by atoms with Crippen molar-refractivity contribution in [2.24, 2.45) is 5.73 Å². The van der Waals surface area contributed by atoms with E-state index in [0.29, 0.717) is 11.4 Å². The lowest BCUT2D eigenvalue weighted by molar-refractivity contribution is 0.0978. The number of guanidine groups is 1. The number of rotatable bonds is 5. The molecule has 0 saturated heterocycles. The van der Waals surface area contributed by atoms with Crippen molar-refractivity contribution in [3.63, 3.8) is 0 Å². The molecule has 0 saturated carbocycles. The number of nitrogens with two attached hydrogens (primary N) is 1. The number of pyridine rings is 1. The Kier molecular flexibility index (Phi) is 5.37. The maximum Gasteiger partial charge on any atom is 0.258 e. The highest BCUT2D eigenvalue weighted by Crippen LogP contribution is 2.35. The number of hydrogen-bond donors (Lipinski definition) is 4. The normalized spacial score (nSPS) is 11.1. The van der Waals surface area contributed by atoms with Crippen LogP contribution in [0.3, 0.4) is 0 Å². The summed E-state index contributed by atoms with van der Waals surface area (Å²) in [5.41, 5.74) is 7.07. The van der Waals surface area contributed by atoms with Crippen molar-refractivity contribution in [1.82, 2.24) is 10.3 Å². The Morgan fingerprint density at radius 3 is 2.45 bits per heavy atom. The summed E-state index contributed by atoms with van der Waals surface area (Å²) in [6, 6.07) is 13.7. The molecule has 2 aromatic carbocycles. The molecule has 5 N–H and O–H groups in total. The lowest BCUT2D eigenvalue weighted by atomic mass is 10.0. The largest absolute Gasteiger partial charge is 0.494 e. The lowest BCUT2D eigenvalue weighted by Gasteiger charge is -2.16. The predicted molar refractivity (Wildman–Crippen MR) is 112 cm³/mol. The molecule has 1 heterocycles. The number of anilines is 1. The Balaban J connectivity index is 2.39. The van der Waals surface area contributed by atoms with Crippen molar-refractivity contribution in [2.75, 3.05) is 18.1 Å². The maximum atomic E-state index is 12.8. The van der Waals surface area contributed by atoms with Crippen LogP contribution in [0, 0.1) is 5.41 Å². The molecular formula is C19H19N5O4S. The van der Waals surface area contributed by atoms with Gasteiger partial charge in [-0.15, -0.1) is 0 Å². The zero-order valence-corrected chi connectivity index (χ0v) is 16.5. The van der Waals surface area contributed by atoms with Gasteiger partial charge in [-0.2, -0.15) is 0 Å². The van der Waals surface area contributed by atoms with Crippen LogP contribution in [0.15, 0.2) is 48.5 Å². The molecule has 3 aromatic rings. The number of carbonyl (C=O) groups is 1. The smallest absolute Gasteiger partial charge is 0.258 e. The van der Waals surface area contributed by atoms with Crippen LogP contribution in [0.2, 0.25) is 0 Å². The van der Waals surface area contributed by atoms with E-state index in [1.807, 2.05) is 30.3 Å². The molecule has 150 valence electrons. The van der Waals surface area contributed by atoms with Crippen molar-refractivity contribution in [1.29, 1.82) is 5.41 Å². The van der Waals surface area contributed by atoms with E-state index in [2.05, 4.69) is 15.0 Å². The molecule has 1 aromatic heterocycles. The third kappa shape index (κ3) is 4.43. The Hall–Kier alpha value is -3.66. The number of nitrogens with one attached hydrogen (secondary N) is 3. The number of ether oxygens (including phenoxy) is 1. The molecule has 9 nitrogen and oxygen atoms in total. The minimum absolute atomic E-state index is 0.0918. The van der Waals surface area contributed by atoms with Gasteiger partial charge in [0.25, 0.3) is 5.91 Å². The molecule has 0 aliphatic carbocycles. The minimum atomic E-state index is -3.63. The van der Waals surface area contributed by atoms with E-state index in [9.17, 15) is 13.2 Å². The van der Waals surface area contributed by atoms with E-state index in [-0.39, 0.29) is 22.2 Å². The standard InChI is InChI=1S/C19H19N5O4S/c1-28-15-9-8-13(24-29(2,26)27)16-12(18(25)23-19(20)21)10-14(22-17(15)16)11-6-4-3-5-7-11/h3-10,24H,1-2H3,(H4,20,21,23,25). The summed E-state index contributed by atoms with van der Waals surface area (Å²) >= 11 is 0. The average molecular weight is 413 g/mol. The fourth-order valence-corrected chi connectivity index (χ4v) is 3.46. The van der Waals surface area contributed by atoms with Gasteiger partial charge >= 0.3 is 0 Å². The first-order valence-electron chi connectivity index (χ1n) is 8.40. The highest BCUT2D eigenvalue weighted by Gasteiger charge is 2.21. The average Bonchev–Trinajstić information content (AvgIpc) is 2.66. The molecule has 0 bridgehead atoms. The second-order valence-electron chi connectivity index (χ2n) is 6.20. The van der Waals surface area contributed by atoms with Crippen molar-refractivity contribution < 1.29 is 17.9 Å². The fraction of sp³-hybridized carbons (Fsp3) is 0.105. The van der Waals surface area contributed by atoms with Gasteiger partial charge in [-0.25, -0.2) is 13.4 Å². The zero-order chi connectivity index (χ0) is 21.2. The summed E-state index contributed by atoms with van der Waals surface area (Å²) < 4.78 is 31.4. The third-order valence-corrected chi connectivity index (χ3v) is 4.59. The van der Waals surface area contributed by atoms with E-state index >= 15 is 0 Å².